The molecule has 0 fully saturated rings. The number of nitrogens with zero attached hydrogens (tertiary/aromatic N) is 4. The fraction of sp³-hybridized carbons (Fsp3) is 0.476. The van der Waals surface area contributed by atoms with Crippen LogP contribution in [0.1, 0.15) is 48.4 Å². The van der Waals surface area contributed by atoms with Crippen molar-refractivity contribution in [2.45, 2.75) is 38.9 Å². The van der Waals surface area contributed by atoms with Gasteiger partial charge in [-0.15, -0.1) is 0 Å². The van der Waals surface area contributed by atoms with Crippen LogP contribution in [0.25, 0.3) is 0 Å². The molecule has 0 saturated heterocycles. The molecule has 1 aliphatic rings. The number of sulfonamides is 1. The van der Waals surface area contributed by atoms with Crippen LogP contribution in [0.5, 0.6) is 5.75 Å². The second-order valence-electron chi connectivity index (χ2n) is 8.46. The zero-order chi connectivity index (χ0) is 24.7. The van der Waals surface area contributed by atoms with E-state index in [1.54, 1.807) is 13.8 Å². The molecule has 1 aromatic carbocycles. The summed E-state index contributed by atoms with van der Waals surface area (Å²) in [7, 11) is -2.08. The van der Waals surface area contributed by atoms with Crippen molar-refractivity contribution >= 4 is 15.9 Å². The highest BCUT2D eigenvalue weighted by Crippen LogP contribution is 2.27. The van der Waals surface area contributed by atoms with Crippen LogP contribution >= 0.6 is 0 Å². The number of hydrogen-bond acceptors (Lipinski definition) is 6. The molecule has 1 aromatic heterocycles. The molecule has 1 N–H and O–H groups in total. The number of halogens is 1. The van der Waals surface area contributed by atoms with E-state index in [0.717, 1.165) is 19.7 Å². The van der Waals surface area contributed by atoms with Gasteiger partial charge in [-0.2, -0.15) is 0 Å². The Bertz CT molecular complexity index is 1280. The third-order valence-electron chi connectivity index (χ3n) is 5.73. The Hall–Kier alpha value is -2.99. The van der Waals surface area contributed by atoms with Gasteiger partial charge in [-0.25, -0.2) is 21.9 Å². The first kappa shape index (κ1) is 24.6. The highest BCUT2D eigenvalue weighted by molar-refractivity contribution is 7.88. The smallest absolute Gasteiger partial charge is 0.332 e. The summed E-state index contributed by atoms with van der Waals surface area (Å²) < 4.78 is 40.0. The van der Waals surface area contributed by atoms with E-state index in [2.05, 4.69) is 0 Å². The van der Waals surface area contributed by atoms with E-state index in [1.807, 2.05) is 0 Å². The van der Waals surface area contributed by atoms with Crippen LogP contribution in [0, 0.1) is 5.82 Å². The summed E-state index contributed by atoms with van der Waals surface area (Å²) in [6.07, 6.45) is 1.21. The van der Waals surface area contributed by atoms with Crippen molar-refractivity contribution in [1.82, 2.24) is 18.3 Å². The van der Waals surface area contributed by atoms with Gasteiger partial charge in [0.15, 0.2) is 5.69 Å². The molecule has 1 amide bonds. The Balaban J connectivity index is 2.10. The van der Waals surface area contributed by atoms with Gasteiger partial charge in [0.05, 0.1) is 12.3 Å². The molecular weight excluding hydrogens is 455 g/mol. The maximum Gasteiger partial charge on any atom is 0.332 e. The molecule has 0 aliphatic carbocycles. The molecule has 33 heavy (non-hydrogen) atoms. The minimum atomic E-state index is -3.48. The Labute approximate surface area is 190 Å². The number of aromatic nitrogens is 2. The Kier molecular flexibility index (Phi) is 6.80. The van der Waals surface area contributed by atoms with Crippen molar-refractivity contribution in [2.24, 2.45) is 0 Å². The monoisotopic (exact) mass is 482 g/mol. The average Bonchev–Trinajstić information content (AvgIpc) is 2.72. The Morgan fingerprint density at radius 1 is 1.18 bits per heavy atom. The van der Waals surface area contributed by atoms with E-state index < -0.39 is 56.5 Å². The molecule has 1 aliphatic heterocycles. The van der Waals surface area contributed by atoms with E-state index in [1.165, 1.54) is 36.2 Å². The van der Waals surface area contributed by atoms with Crippen molar-refractivity contribution in [2.75, 3.05) is 26.4 Å². The van der Waals surface area contributed by atoms with Gasteiger partial charge in [0.25, 0.3) is 11.5 Å². The first-order chi connectivity index (χ1) is 15.3. The van der Waals surface area contributed by atoms with Crippen LogP contribution in [0.2, 0.25) is 0 Å². The lowest BCUT2D eigenvalue weighted by Crippen LogP contribution is -2.52. The molecule has 2 heterocycles. The highest BCUT2D eigenvalue weighted by Gasteiger charge is 2.37. The fourth-order valence-electron chi connectivity index (χ4n) is 3.86. The number of carbonyl (C=O) groups is 1. The second kappa shape index (κ2) is 9.10. The first-order valence-corrected chi connectivity index (χ1v) is 12.2. The van der Waals surface area contributed by atoms with Gasteiger partial charge < -0.3 is 10.0 Å². The number of fused-ring (bicyclic) bond motifs is 1. The molecular formula is C21H27FN4O6S. The van der Waals surface area contributed by atoms with Crippen LogP contribution in [0.4, 0.5) is 4.39 Å². The summed E-state index contributed by atoms with van der Waals surface area (Å²) >= 11 is 0. The summed E-state index contributed by atoms with van der Waals surface area (Å²) in [6.45, 7) is 3.35. The number of hydrogen-bond donors (Lipinski definition) is 1. The van der Waals surface area contributed by atoms with E-state index in [0.29, 0.717) is 5.56 Å². The number of aromatic hydroxyl groups is 1. The third kappa shape index (κ3) is 4.86. The first-order valence-electron chi connectivity index (χ1n) is 10.4. The Morgan fingerprint density at radius 3 is 2.33 bits per heavy atom. The number of rotatable bonds is 7. The normalized spacial score (nSPS) is 16.5. The predicted octanol–water partition coefficient (Wildman–Crippen LogP) is 0.914. The minimum Gasteiger partial charge on any atom is -0.501 e. The van der Waals surface area contributed by atoms with Crippen LogP contribution in [0.15, 0.2) is 33.9 Å². The lowest BCUT2D eigenvalue weighted by molar-refractivity contribution is 0.0627. The molecule has 1 unspecified atom stereocenters. The molecule has 180 valence electrons. The molecule has 0 spiro atoms. The van der Waals surface area contributed by atoms with Crippen molar-refractivity contribution in [3.63, 3.8) is 0 Å². The van der Waals surface area contributed by atoms with Crippen molar-refractivity contribution in [3.8, 4) is 5.75 Å². The van der Waals surface area contributed by atoms with Gasteiger partial charge in [0.2, 0.25) is 15.8 Å². The maximum atomic E-state index is 13.3. The molecule has 0 radical (unpaired) electrons. The third-order valence-corrected chi connectivity index (χ3v) is 7.05. The van der Waals surface area contributed by atoms with Gasteiger partial charge >= 0.3 is 5.69 Å². The maximum absolute atomic E-state index is 13.3. The van der Waals surface area contributed by atoms with Gasteiger partial charge in [-0.3, -0.25) is 18.7 Å². The van der Waals surface area contributed by atoms with E-state index in [-0.39, 0.29) is 26.1 Å². The number of amides is 1. The van der Waals surface area contributed by atoms with Gasteiger partial charge in [-0.05, 0) is 38.0 Å². The zero-order valence-corrected chi connectivity index (χ0v) is 19.7. The van der Waals surface area contributed by atoms with Gasteiger partial charge in [0.1, 0.15) is 5.82 Å². The number of benzene rings is 1. The van der Waals surface area contributed by atoms with Gasteiger partial charge in [-0.1, -0.05) is 12.1 Å². The van der Waals surface area contributed by atoms with Crippen molar-refractivity contribution in [3.05, 3.63) is 62.2 Å². The number of carbonyl (C=O) groups excluding carboxylic acids is 1. The molecule has 0 saturated carbocycles. The average molecular weight is 483 g/mol. The van der Waals surface area contributed by atoms with Gasteiger partial charge in [0, 0.05) is 32.7 Å². The zero-order valence-electron chi connectivity index (χ0n) is 18.9. The standard InChI is InChI=1S/C21H27FN4O6S/c1-13(2)25-20(29)18(27)17-19(28)24(11-14-5-7-15(22)8-6-14)12-16(26(17)21(25)30)9-10-23(3)33(4,31)32/h5-8,13,16,27H,9-12H2,1-4H3. The van der Waals surface area contributed by atoms with Crippen LogP contribution in [0.3, 0.4) is 0 Å². The topological polar surface area (TPSA) is 122 Å². The van der Waals surface area contributed by atoms with Crippen molar-refractivity contribution in [1.29, 1.82) is 0 Å². The Morgan fingerprint density at radius 2 is 1.79 bits per heavy atom. The second-order valence-corrected chi connectivity index (χ2v) is 10.5. The molecule has 2 aromatic rings. The van der Waals surface area contributed by atoms with Crippen LogP contribution < -0.4 is 11.2 Å². The van der Waals surface area contributed by atoms with E-state index in [9.17, 15) is 32.3 Å². The van der Waals surface area contributed by atoms with E-state index in [4.69, 9.17) is 0 Å². The lowest BCUT2D eigenvalue weighted by atomic mass is 10.1. The highest BCUT2D eigenvalue weighted by atomic mass is 32.2. The van der Waals surface area contributed by atoms with Crippen molar-refractivity contribution < 1.29 is 22.7 Å². The summed E-state index contributed by atoms with van der Waals surface area (Å²) in [5.41, 5.74) is -1.53. The fourth-order valence-corrected chi connectivity index (χ4v) is 4.30. The molecule has 12 heteroatoms. The predicted molar refractivity (Wildman–Crippen MR) is 119 cm³/mol. The molecule has 0 bridgehead atoms. The van der Waals surface area contributed by atoms with E-state index >= 15 is 0 Å². The SMILES string of the molecule is CC(C)n1c(=O)c(O)c2n(c1=O)C(CCN(C)S(C)(=O)=O)CN(Cc1ccc(F)cc1)C2=O. The minimum absolute atomic E-state index is 0.0382. The van der Waals surface area contributed by atoms with Crippen LogP contribution in [-0.4, -0.2) is 64.2 Å². The lowest BCUT2D eigenvalue weighted by Gasteiger charge is -2.36. The quantitative estimate of drug-likeness (QED) is 0.626. The molecule has 1 atom stereocenters. The largest absolute Gasteiger partial charge is 0.501 e. The van der Waals surface area contributed by atoms with Crippen LogP contribution in [-0.2, 0) is 16.6 Å². The molecule has 3 rings (SSSR count). The molecule has 10 nitrogen and oxygen atoms in total. The summed E-state index contributed by atoms with van der Waals surface area (Å²) in [4.78, 5) is 40.4. The summed E-state index contributed by atoms with van der Waals surface area (Å²) in [5, 5.41) is 10.6. The summed E-state index contributed by atoms with van der Waals surface area (Å²) in [6, 6.07) is 4.24. The summed E-state index contributed by atoms with van der Waals surface area (Å²) in [5.74, 6) is -1.98.